The van der Waals surface area contributed by atoms with Crippen molar-refractivity contribution in [2.24, 2.45) is 0 Å². The van der Waals surface area contributed by atoms with Gasteiger partial charge in [0.05, 0.1) is 0 Å². The Morgan fingerprint density at radius 3 is 2.44 bits per heavy atom. The third kappa shape index (κ3) is 4.14. The molecule has 5 nitrogen and oxygen atoms in total. The van der Waals surface area contributed by atoms with Crippen molar-refractivity contribution in [3.8, 4) is 0 Å². The van der Waals surface area contributed by atoms with Crippen LogP contribution in [0, 0.1) is 18.6 Å². The van der Waals surface area contributed by atoms with Crippen LogP contribution in [0.5, 0.6) is 0 Å². The first kappa shape index (κ1) is 16.5. The first-order chi connectivity index (χ1) is 12.0. The lowest BCUT2D eigenvalue weighted by molar-refractivity contribution is 0.102. The van der Waals surface area contributed by atoms with Gasteiger partial charge < -0.3 is 10.6 Å². The summed E-state index contributed by atoms with van der Waals surface area (Å²) in [6.45, 7) is 1.97. The molecule has 3 aromatic rings. The van der Waals surface area contributed by atoms with Gasteiger partial charge in [-0.25, -0.2) is 8.78 Å². The van der Waals surface area contributed by atoms with Gasteiger partial charge in [-0.3, -0.25) is 4.79 Å². The number of benzene rings is 2. The Kier molecular flexibility index (Phi) is 4.65. The molecular formula is C18H14F2N4O. The number of carbonyl (C=O) groups is 1. The Labute approximate surface area is 142 Å². The molecule has 3 rings (SSSR count). The minimum atomic E-state index is -1.04. The Balaban J connectivity index is 1.68. The quantitative estimate of drug-likeness (QED) is 0.752. The van der Waals surface area contributed by atoms with E-state index in [1.54, 1.807) is 6.07 Å². The standard InChI is InChI=1S/C18H14F2N4O/c1-11-3-2-4-12(9-11)21-17-8-7-16(23-24-17)18(25)22-13-5-6-14(19)15(20)10-13/h2-10H,1H3,(H,21,24)(H,22,25). The van der Waals surface area contributed by atoms with Gasteiger partial charge >= 0.3 is 0 Å². The first-order valence-electron chi connectivity index (χ1n) is 7.45. The predicted molar refractivity (Wildman–Crippen MR) is 90.8 cm³/mol. The van der Waals surface area contributed by atoms with Crippen molar-refractivity contribution in [2.75, 3.05) is 10.6 Å². The van der Waals surface area contributed by atoms with Crippen LogP contribution < -0.4 is 10.6 Å². The molecule has 0 bridgehead atoms. The van der Waals surface area contributed by atoms with E-state index >= 15 is 0 Å². The second-order valence-electron chi connectivity index (χ2n) is 5.38. The molecule has 1 aromatic heterocycles. The molecule has 126 valence electrons. The van der Waals surface area contributed by atoms with Crippen LogP contribution in [0.4, 0.5) is 26.0 Å². The monoisotopic (exact) mass is 340 g/mol. The molecule has 0 fully saturated rings. The number of rotatable bonds is 4. The average molecular weight is 340 g/mol. The summed E-state index contributed by atoms with van der Waals surface area (Å²) in [7, 11) is 0. The molecule has 0 aliphatic carbocycles. The number of amides is 1. The lowest BCUT2D eigenvalue weighted by Crippen LogP contribution is -2.14. The van der Waals surface area contributed by atoms with Crippen LogP contribution in [-0.2, 0) is 0 Å². The highest BCUT2D eigenvalue weighted by molar-refractivity contribution is 6.02. The molecule has 25 heavy (non-hydrogen) atoms. The van der Waals surface area contributed by atoms with Gasteiger partial charge in [0.1, 0.15) is 0 Å². The van der Waals surface area contributed by atoms with Crippen molar-refractivity contribution in [2.45, 2.75) is 6.92 Å². The van der Waals surface area contributed by atoms with Crippen LogP contribution in [0.2, 0.25) is 0 Å². The Morgan fingerprint density at radius 1 is 0.920 bits per heavy atom. The Morgan fingerprint density at radius 2 is 1.76 bits per heavy atom. The molecule has 1 heterocycles. The van der Waals surface area contributed by atoms with Gasteiger partial charge in [0, 0.05) is 17.4 Å². The highest BCUT2D eigenvalue weighted by Crippen LogP contribution is 2.16. The van der Waals surface area contributed by atoms with Gasteiger partial charge in [0.2, 0.25) is 0 Å². The van der Waals surface area contributed by atoms with Crippen molar-refractivity contribution in [3.63, 3.8) is 0 Å². The molecule has 0 spiro atoms. The van der Waals surface area contributed by atoms with E-state index in [2.05, 4.69) is 20.8 Å². The number of halogens is 2. The normalized spacial score (nSPS) is 10.4. The summed E-state index contributed by atoms with van der Waals surface area (Å²) in [5, 5.41) is 13.3. The predicted octanol–water partition coefficient (Wildman–Crippen LogP) is 4.06. The fraction of sp³-hybridized carbons (Fsp3) is 0.0556. The van der Waals surface area contributed by atoms with Gasteiger partial charge in [-0.05, 0) is 48.9 Å². The molecule has 0 atom stereocenters. The van der Waals surface area contributed by atoms with E-state index in [9.17, 15) is 13.6 Å². The molecule has 0 radical (unpaired) electrons. The van der Waals surface area contributed by atoms with E-state index in [1.807, 2.05) is 31.2 Å². The third-order valence-electron chi connectivity index (χ3n) is 3.37. The summed E-state index contributed by atoms with van der Waals surface area (Å²) in [5.41, 5.74) is 2.14. The lowest BCUT2D eigenvalue weighted by atomic mass is 10.2. The van der Waals surface area contributed by atoms with Gasteiger partial charge in [0.15, 0.2) is 23.1 Å². The molecule has 2 N–H and O–H groups in total. The van der Waals surface area contributed by atoms with Gasteiger partial charge in [-0.2, -0.15) is 0 Å². The number of hydrogen-bond donors (Lipinski definition) is 2. The number of hydrogen-bond acceptors (Lipinski definition) is 4. The number of aromatic nitrogens is 2. The lowest BCUT2D eigenvalue weighted by Gasteiger charge is -2.07. The van der Waals surface area contributed by atoms with E-state index in [-0.39, 0.29) is 11.4 Å². The van der Waals surface area contributed by atoms with E-state index in [0.717, 1.165) is 23.4 Å². The molecule has 0 aliphatic rings. The zero-order chi connectivity index (χ0) is 17.8. The zero-order valence-corrected chi connectivity index (χ0v) is 13.3. The average Bonchev–Trinajstić information content (AvgIpc) is 2.59. The summed E-state index contributed by atoms with van der Waals surface area (Å²) >= 11 is 0. The summed E-state index contributed by atoms with van der Waals surface area (Å²) in [5.74, 6) is -2.11. The Bertz CT molecular complexity index is 913. The minimum absolute atomic E-state index is 0.0551. The SMILES string of the molecule is Cc1cccc(Nc2ccc(C(=O)Nc3ccc(F)c(F)c3)nn2)c1. The molecular weight excluding hydrogens is 326 g/mol. The van der Waals surface area contributed by atoms with Gasteiger partial charge in [-0.15, -0.1) is 10.2 Å². The smallest absolute Gasteiger partial charge is 0.276 e. The van der Waals surface area contributed by atoms with Crippen LogP contribution >= 0.6 is 0 Å². The zero-order valence-electron chi connectivity index (χ0n) is 13.3. The molecule has 2 aromatic carbocycles. The van der Waals surface area contributed by atoms with Gasteiger partial charge in [0.25, 0.3) is 5.91 Å². The maximum atomic E-state index is 13.2. The Hall–Kier alpha value is -3.35. The first-order valence-corrected chi connectivity index (χ1v) is 7.45. The maximum absolute atomic E-state index is 13.2. The second kappa shape index (κ2) is 7.04. The highest BCUT2D eigenvalue weighted by Gasteiger charge is 2.10. The molecule has 1 amide bonds. The molecule has 0 saturated heterocycles. The van der Waals surface area contributed by atoms with Crippen molar-refractivity contribution < 1.29 is 13.6 Å². The summed E-state index contributed by atoms with van der Waals surface area (Å²) in [6, 6.07) is 13.9. The molecule has 7 heteroatoms. The third-order valence-corrected chi connectivity index (χ3v) is 3.37. The fourth-order valence-electron chi connectivity index (χ4n) is 2.16. The maximum Gasteiger partial charge on any atom is 0.276 e. The summed E-state index contributed by atoms with van der Waals surface area (Å²) in [4.78, 5) is 12.1. The van der Waals surface area contributed by atoms with Crippen molar-refractivity contribution >= 4 is 23.1 Å². The van der Waals surface area contributed by atoms with E-state index in [1.165, 1.54) is 12.1 Å². The molecule has 0 unspecified atom stereocenters. The number of nitrogens with zero attached hydrogens (tertiary/aromatic N) is 2. The number of anilines is 3. The number of nitrogens with one attached hydrogen (secondary N) is 2. The van der Waals surface area contributed by atoms with Crippen LogP contribution in [0.25, 0.3) is 0 Å². The minimum Gasteiger partial charge on any atom is -0.339 e. The van der Waals surface area contributed by atoms with Crippen LogP contribution in [-0.4, -0.2) is 16.1 Å². The van der Waals surface area contributed by atoms with E-state index < -0.39 is 17.5 Å². The highest BCUT2D eigenvalue weighted by atomic mass is 19.2. The summed E-state index contributed by atoms with van der Waals surface area (Å²) in [6.07, 6.45) is 0. The van der Waals surface area contributed by atoms with E-state index in [4.69, 9.17) is 0 Å². The largest absolute Gasteiger partial charge is 0.339 e. The van der Waals surface area contributed by atoms with Crippen molar-refractivity contribution in [1.29, 1.82) is 0 Å². The van der Waals surface area contributed by atoms with Crippen molar-refractivity contribution in [1.82, 2.24) is 10.2 Å². The molecule has 0 saturated carbocycles. The number of carbonyl (C=O) groups excluding carboxylic acids is 1. The van der Waals surface area contributed by atoms with E-state index in [0.29, 0.717) is 5.82 Å². The van der Waals surface area contributed by atoms with Gasteiger partial charge in [-0.1, -0.05) is 12.1 Å². The van der Waals surface area contributed by atoms with Crippen LogP contribution in [0.3, 0.4) is 0 Å². The summed E-state index contributed by atoms with van der Waals surface area (Å²) < 4.78 is 26.0. The topological polar surface area (TPSA) is 66.9 Å². The van der Waals surface area contributed by atoms with Crippen LogP contribution in [0.15, 0.2) is 54.6 Å². The fourth-order valence-corrected chi connectivity index (χ4v) is 2.16. The number of aryl methyl sites for hydroxylation is 1. The second-order valence-corrected chi connectivity index (χ2v) is 5.38. The van der Waals surface area contributed by atoms with Crippen molar-refractivity contribution in [3.05, 3.63) is 77.5 Å². The van der Waals surface area contributed by atoms with Crippen LogP contribution in [0.1, 0.15) is 16.1 Å². The molecule has 0 aliphatic heterocycles.